The Bertz CT molecular complexity index is 1310. The van der Waals surface area contributed by atoms with E-state index in [9.17, 15) is 22.8 Å². The average Bonchev–Trinajstić information content (AvgIpc) is 3.16. The predicted octanol–water partition coefficient (Wildman–Crippen LogP) is 4.99. The van der Waals surface area contributed by atoms with Crippen LogP contribution in [0.15, 0.2) is 67.0 Å². The molecular weight excluding hydrogens is 423 g/mol. The number of hydrogen-bond donors (Lipinski definition) is 4. The maximum atomic E-state index is 12.7. The molecule has 0 saturated heterocycles. The van der Waals surface area contributed by atoms with Gasteiger partial charge in [0.15, 0.2) is 0 Å². The number of nitrogens with two attached hydrogens (primary N) is 1. The topological polar surface area (TPSA) is 113 Å². The zero-order chi connectivity index (χ0) is 22.9. The minimum Gasteiger partial charge on any atom is -0.366 e. The summed E-state index contributed by atoms with van der Waals surface area (Å²) in [5.74, 6) is -0.569. The van der Waals surface area contributed by atoms with E-state index in [1.807, 2.05) is 0 Å². The smallest absolute Gasteiger partial charge is 0.366 e. The van der Waals surface area contributed by atoms with Gasteiger partial charge < -0.3 is 21.4 Å². The lowest BCUT2D eigenvalue weighted by Gasteiger charge is -2.11. The van der Waals surface area contributed by atoms with Crippen LogP contribution in [0.1, 0.15) is 15.9 Å². The van der Waals surface area contributed by atoms with Crippen molar-refractivity contribution in [1.29, 1.82) is 0 Å². The molecule has 0 unspecified atom stereocenters. The maximum Gasteiger partial charge on any atom is 0.416 e. The van der Waals surface area contributed by atoms with E-state index in [1.165, 1.54) is 12.1 Å². The molecule has 3 amide bonds. The Hall–Kier alpha value is -4.34. The van der Waals surface area contributed by atoms with Crippen LogP contribution in [0.2, 0.25) is 0 Å². The zero-order valence-corrected chi connectivity index (χ0v) is 16.3. The predicted molar refractivity (Wildman–Crippen MR) is 114 cm³/mol. The molecule has 7 nitrogen and oxygen atoms in total. The van der Waals surface area contributed by atoms with E-state index >= 15 is 0 Å². The number of H-pyrrole nitrogens is 1. The van der Waals surface area contributed by atoms with Crippen LogP contribution in [0, 0.1) is 0 Å². The van der Waals surface area contributed by atoms with Crippen molar-refractivity contribution in [3.63, 3.8) is 0 Å². The van der Waals surface area contributed by atoms with E-state index in [4.69, 9.17) is 5.73 Å². The number of nitrogens with zero attached hydrogens (tertiary/aromatic N) is 1. The van der Waals surface area contributed by atoms with E-state index in [1.54, 1.807) is 42.7 Å². The fourth-order valence-electron chi connectivity index (χ4n) is 3.26. The number of halogens is 3. The second kappa shape index (κ2) is 8.06. The van der Waals surface area contributed by atoms with Gasteiger partial charge in [0.05, 0.1) is 16.6 Å². The maximum absolute atomic E-state index is 12.7. The molecule has 32 heavy (non-hydrogen) atoms. The molecule has 0 aliphatic carbocycles. The third kappa shape index (κ3) is 4.24. The van der Waals surface area contributed by atoms with Gasteiger partial charge in [0, 0.05) is 23.6 Å². The summed E-state index contributed by atoms with van der Waals surface area (Å²) in [7, 11) is 0. The number of aromatic nitrogens is 2. The van der Waals surface area contributed by atoms with Crippen LogP contribution < -0.4 is 16.4 Å². The van der Waals surface area contributed by atoms with Gasteiger partial charge in [-0.05, 0) is 53.6 Å². The summed E-state index contributed by atoms with van der Waals surface area (Å²) in [5.41, 5.74) is 7.38. The Kier molecular flexibility index (Phi) is 5.27. The lowest BCUT2D eigenvalue weighted by Crippen LogP contribution is -2.19. The Balaban J connectivity index is 1.61. The van der Waals surface area contributed by atoms with Crippen molar-refractivity contribution in [2.45, 2.75) is 6.18 Å². The SMILES string of the molecule is NC(=O)c1cccc(-c2ccnc3[nH]cc(NC(=O)Nc4ccc(C(F)(F)F)cc4)c23)c1. The van der Waals surface area contributed by atoms with E-state index in [2.05, 4.69) is 20.6 Å². The number of urea groups is 1. The van der Waals surface area contributed by atoms with E-state index in [-0.39, 0.29) is 5.69 Å². The number of nitrogens with one attached hydrogen (secondary N) is 3. The number of primary amides is 1. The summed E-state index contributed by atoms with van der Waals surface area (Å²) < 4.78 is 38.1. The Morgan fingerprint density at radius 3 is 2.44 bits per heavy atom. The number of rotatable bonds is 4. The van der Waals surface area contributed by atoms with Crippen LogP contribution in [-0.4, -0.2) is 21.9 Å². The van der Waals surface area contributed by atoms with Gasteiger partial charge in [0.25, 0.3) is 0 Å². The number of carbonyl (C=O) groups excluding carboxylic acids is 2. The van der Waals surface area contributed by atoms with Gasteiger partial charge >= 0.3 is 12.2 Å². The normalized spacial score (nSPS) is 11.3. The molecule has 0 aliphatic heterocycles. The monoisotopic (exact) mass is 439 g/mol. The van der Waals surface area contributed by atoms with Crippen molar-refractivity contribution in [3.05, 3.63) is 78.1 Å². The van der Waals surface area contributed by atoms with Crippen LogP contribution in [0.5, 0.6) is 0 Å². The largest absolute Gasteiger partial charge is 0.416 e. The minimum atomic E-state index is -4.46. The summed E-state index contributed by atoms with van der Waals surface area (Å²) in [6.07, 6.45) is -1.33. The first-order valence-electron chi connectivity index (χ1n) is 9.34. The summed E-state index contributed by atoms with van der Waals surface area (Å²) >= 11 is 0. The molecule has 0 aliphatic rings. The summed E-state index contributed by atoms with van der Waals surface area (Å²) in [6.45, 7) is 0. The van der Waals surface area contributed by atoms with Gasteiger partial charge in [-0.2, -0.15) is 13.2 Å². The highest BCUT2D eigenvalue weighted by molar-refractivity contribution is 6.10. The lowest BCUT2D eigenvalue weighted by molar-refractivity contribution is -0.137. The Morgan fingerprint density at radius 1 is 1.00 bits per heavy atom. The number of benzene rings is 2. The quantitative estimate of drug-likeness (QED) is 0.359. The third-order valence-corrected chi connectivity index (χ3v) is 4.75. The number of pyridine rings is 1. The van der Waals surface area contributed by atoms with Crippen LogP contribution >= 0.6 is 0 Å². The lowest BCUT2D eigenvalue weighted by atomic mass is 10.0. The van der Waals surface area contributed by atoms with Crippen molar-refractivity contribution < 1.29 is 22.8 Å². The highest BCUT2D eigenvalue weighted by Gasteiger charge is 2.30. The molecule has 5 N–H and O–H groups in total. The molecule has 0 bridgehead atoms. The van der Waals surface area contributed by atoms with Crippen molar-refractivity contribution in [3.8, 4) is 11.1 Å². The van der Waals surface area contributed by atoms with Gasteiger partial charge in [-0.1, -0.05) is 12.1 Å². The molecule has 0 fully saturated rings. The van der Waals surface area contributed by atoms with Crippen molar-refractivity contribution >= 4 is 34.3 Å². The summed E-state index contributed by atoms with van der Waals surface area (Å²) in [4.78, 5) is 31.2. The van der Waals surface area contributed by atoms with E-state index in [0.717, 1.165) is 12.1 Å². The van der Waals surface area contributed by atoms with Gasteiger partial charge in [-0.15, -0.1) is 0 Å². The highest BCUT2D eigenvalue weighted by atomic mass is 19.4. The molecule has 2 aromatic carbocycles. The number of aromatic amines is 1. The van der Waals surface area contributed by atoms with E-state index < -0.39 is 23.7 Å². The van der Waals surface area contributed by atoms with Crippen LogP contribution in [0.25, 0.3) is 22.2 Å². The van der Waals surface area contributed by atoms with Crippen LogP contribution in [-0.2, 0) is 6.18 Å². The fraction of sp³-hybridized carbons (Fsp3) is 0.0455. The number of alkyl halides is 3. The van der Waals surface area contributed by atoms with Crippen molar-refractivity contribution in [2.24, 2.45) is 5.73 Å². The molecule has 4 aromatic rings. The van der Waals surface area contributed by atoms with Crippen molar-refractivity contribution in [1.82, 2.24) is 9.97 Å². The Morgan fingerprint density at radius 2 is 1.75 bits per heavy atom. The molecule has 0 radical (unpaired) electrons. The first kappa shape index (κ1) is 20.9. The summed E-state index contributed by atoms with van der Waals surface area (Å²) in [6, 6.07) is 11.9. The van der Waals surface area contributed by atoms with Crippen LogP contribution in [0.4, 0.5) is 29.3 Å². The first-order valence-corrected chi connectivity index (χ1v) is 9.34. The van der Waals surface area contributed by atoms with Crippen molar-refractivity contribution in [2.75, 3.05) is 10.6 Å². The second-order valence-corrected chi connectivity index (χ2v) is 6.88. The molecule has 2 aromatic heterocycles. The molecule has 0 spiro atoms. The van der Waals surface area contributed by atoms with Gasteiger partial charge in [-0.3, -0.25) is 4.79 Å². The molecule has 0 atom stereocenters. The number of amides is 3. The highest BCUT2D eigenvalue weighted by Crippen LogP contribution is 2.33. The van der Waals surface area contributed by atoms with E-state index in [0.29, 0.717) is 33.4 Å². The first-order chi connectivity index (χ1) is 15.2. The van der Waals surface area contributed by atoms with Crippen LogP contribution in [0.3, 0.4) is 0 Å². The number of fused-ring (bicyclic) bond motifs is 1. The average molecular weight is 439 g/mol. The zero-order valence-electron chi connectivity index (χ0n) is 16.3. The fourth-order valence-corrected chi connectivity index (χ4v) is 3.26. The standard InChI is InChI=1S/C22H16F3N5O2/c23-22(24,25)14-4-6-15(7-5-14)29-21(32)30-17-11-28-20-18(17)16(8-9-27-20)12-2-1-3-13(10-12)19(26)31/h1-11H,(H2,26,31)(H,27,28)(H2,29,30,32). The molecular formula is C22H16F3N5O2. The minimum absolute atomic E-state index is 0.197. The Labute approximate surface area is 179 Å². The third-order valence-electron chi connectivity index (χ3n) is 4.75. The number of anilines is 2. The molecule has 2 heterocycles. The molecule has 0 saturated carbocycles. The van der Waals surface area contributed by atoms with Gasteiger partial charge in [0.2, 0.25) is 5.91 Å². The summed E-state index contributed by atoms with van der Waals surface area (Å²) in [5, 5.41) is 5.76. The second-order valence-electron chi connectivity index (χ2n) is 6.88. The molecule has 4 rings (SSSR count). The number of hydrogen-bond acceptors (Lipinski definition) is 3. The molecule has 162 valence electrons. The molecule has 10 heteroatoms. The van der Waals surface area contributed by atoms with Gasteiger partial charge in [-0.25, -0.2) is 9.78 Å². The van der Waals surface area contributed by atoms with Gasteiger partial charge in [0.1, 0.15) is 5.65 Å². The number of carbonyl (C=O) groups is 2.